The van der Waals surface area contributed by atoms with E-state index in [1.165, 1.54) is 30.3 Å². The Balaban J connectivity index is 0.00000182. The van der Waals surface area contributed by atoms with Gasteiger partial charge in [-0.1, -0.05) is 12.1 Å². The molecule has 1 aliphatic heterocycles. The number of anilines is 2. The van der Waals surface area contributed by atoms with Crippen LogP contribution in [0, 0.1) is 11.6 Å². The highest BCUT2D eigenvalue weighted by molar-refractivity contribution is 6.04. The number of hydrogen-bond donors (Lipinski definition) is 2. The number of nitrogens with one attached hydrogen (secondary N) is 2. The fourth-order valence-electron chi connectivity index (χ4n) is 2.98. The Bertz CT molecular complexity index is 768. The molecule has 1 saturated heterocycles. The topological polar surface area (TPSA) is 44.4 Å². The molecule has 1 aliphatic rings. The van der Waals surface area contributed by atoms with E-state index in [2.05, 4.69) is 22.6 Å². The molecule has 2 aromatic rings. The van der Waals surface area contributed by atoms with Crippen LogP contribution in [-0.4, -0.2) is 37.0 Å². The summed E-state index contributed by atoms with van der Waals surface area (Å²) in [5.74, 6) is -1.67. The van der Waals surface area contributed by atoms with Gasteiger partial charge >= 0.3 is 0 Å². The lowest BCUT2D eigenvalue weighted by Gasteiger charge is -2.30. The summed E-state index contributed by atoms with van der Waals surface area (Å²) in [4.78, 5) is 14.4. The summed E-state index contributed by atoms with van der Waals surface area (Å²) >= 11 is 0. The van der Waals surface area contributed by atoms with Crippen LogP contribution >= 0.6 is 24.8 Å². The number of hydrogen-bond acceptors (Lipinski definition) is 3. The summed E-state index contributed by atoms with van der Waals surface area (Å²) in [6.45, 7) is 1.98. The van der Waals surface area contributed by atoms with Crippen LogP contribution in [0.2, 0.25) is 0 Å². The number of benzene rings is 2. The maximum Gasteiger partial charge on any atom is 0.258 e. The molecule has 27 heavy (non-hydrogen) atoms. The van der Waals surface area contributed by atoms with Crippen molar-refractivity contribution in [3.05, 3.63) is 59.7 Å². The second-order valence-electron chi connectivity index (χ2n) is 6.38. The minimum absolute atomic E-state index is 0. The summed E-state index contributed by atoms with van der Waals surface area (Å²) in [7, 11) is 2.08. The van der Waals surface area contributed by atoms with E-state index >= 15 is 0 Å². The third kappa shape index (κ3) is 6.34. The first kappa shape index (κ1) is 23.1. The fraction of sp³-hybridized carbons (Fsp3) is 0.316. The first-order valence-corrected chi connectivity index (χ1v) is 8.33. The van der Waals surface area contributed by atoms with Crippen molar-refractivity contribution in [2.75, 3.05) is 30.8 Å². The minimum Gasteiger partial charge on any atom is -0.382 e. The second-order valence-corrected chi connectivity index (χ2v) is 6.38. The lowest BCUT2D eigenvalue weighted by atomic mass is 10.1. The van der Waals surface area contributed by atoms with Crippen LogP contribution < -0.4 is 10.6 Å². The Labute approximate surface area is 170 Å². The van der Waals surface area contributed by atoms with Gasteiger partial charge in [-0.2, -0.15) is 0 Å². The van der Waals surface area contributed by atoms with Crippen molar-refractivity contribution in [1.29, 1.82) is 0 Å². The van der Waals surface area contributed by atoms with E-state index in [-0.39, 0.29) is 36.4 Å². The van der Waals surface area contributed by atoms with Crippen LogP contribution in [0.15, 0.2) is 42.5 Å². The summed E-state index contributed by atoms with van der Waals surface area (Å²) < 4.78 is 27.6. The number of carbonyl (C=O) groups is 1. The third-order valence-electron chi connectivity index (χ3n) is 4.36. The Hall–Kier alpha value is -1.89. The van der Waals surface area contributed by atoms with Gasteiger partial charge in [-0.15, -0.1) is 24.8 Å². The number of likely N-dealkylation sites (tertiary alicyclic amines) is 1. The van der Waals surface area contributed by atoms with Crippen molar-refractivity contribution in [2.24, 2.45) is 0 Å². The maximum absolute atomic E-state index is 13.9. The van der Waals surface area contributed by atoms with E-state index in [1.807, 2.05) is 0 Å². The van der Waals surface area contributed by atoms with E-state index in [1.54, 1.807) is 12.1 Å². The molecule has 2 N–H and O–H groups in total. The molecule has 0 bridgehead atoms. The van der Waals surface area contributed by atoms with Crippen molar-refractivity contribution < 1.29 is 13.6 Å². The van der Waals surface area contributed by atoms with Crippen molar-refractivity contribution in [2.45, 2.75) is 18.9 Å². The average Bonchev–Trinajstić information content (AvgIpc) is 2.57. The molecule has 8 heteroatoms. The summed E-state index contributed by atoms with van der Waals surface area (Å²) in [5.41, 5.74) is 0.832. The molecule has 3 rings (SSSR count). The summed E-state index contributed by atoms with van der Waals surface area (Å²) in [5, 5.41) is 5.87. The molecule has 0 saturated carbocycles. The zero-order valence-corrected chi connectivity index (χ0v) is 16.5. The highest BCUT2D eigenvalue weighted by Gasteiger charge is 2.17. The fourth-order valence-corrected chi connectivity index (χ4v) is 2.98. The Morgan fingerprint density at radius 3 is 2.33 bits per heavy atom. The number of nitrogens with zero attached hydrogens (tertiary/aromatic N) is 1. The largest absolute Gasteiger partial charge is 0.382 e. The predicted molar refractivity (Wildman–Crippen MR) is 109 cm³/mol. The predicted octanol–water partition coefficient (Wildman–Crippen LogP) is 4.57. The van der Waals surface area contributed by atoms with Crippen LogP contribution in [0.25, 0.3) is 0 Å². The standard InChI is InChI=1S/C19H21F2N3O.2ClH/c1-24-8-6-14(7-9-24)22-15-10-13(20)11-16(12-15)23-19(25)17-4-2-3-5-18(17)21;;/h2-5,10-12,14,22H,6-9H2,1H3,(H,23,25);2*1H. The maximum atomic E-state index is 13.9. The van der Waals surface area contributed by atoms with Crippen LogP contribution in [0.5, 0.6) is 0 Å². The molecule has 0 aromatic heterocycles. The van der Waals surface area contributed by atoms with Crippen LogP contribution in [0.1, 0.15) is 23.2 Å². The van der Waals surface area contributed by atoms with Gasteiger partial charge in [0.15, 0.2) is 0 Å². The first-order chi connectivity index (χ1) is 12.0. The van der Waals surface area contributed by atoms with Gasteiger partial charge in [-0.25, -0.2) is 8.78 Å². The van der Waals surface area contributed by atoms with Gasteiger partial charge in [0.25, 0.3) is 5.91 Å². The van der Waals surface area contributed by atoms with Crippen LogP contribution in [0.3, 0.4) is 0 Å². The smallest absolute Gasteiger partial charge is 0.258 e. The van der Waals surface area contributed by atoms with Gasteiger partial charge in [0.1, 0.15) is 11.6 Å². The van der Waals surface area contributed by atoms with E-state index in [9.17, 15) is 13.6 Å². The number of rotatable bonds is 4. The molecule has 1 amide bonds. The lowest BCUT2D eigenvalue weighted by Crippen LogP contribution is -2.36. The Kier molecular flexibility index (Phi) is 8.96. The molecular weight excluding hydrogens is 395 g/mol. The number of amides is 1. The van der Waals surface area contributed by atoms with Gasteiger partial charge in [0.2, 0.25) is 0 Å². The zero-order chi connectivity index (χ0) is 17.8. The number of piperidine rings is 1. The highest BCUT2D eigenvalue weighted by Crippen LogP contribution is 2.22. The third-order valence-corrected chi connectivity index (χ3v) is 4.36. The summed E-state index contributed by atoms with van der Waals surface area (Å²) in [6.07, 6.45) is 1.95. The van der Waals surface area contributed by atoms with Gasteiger partial charge < -0.3 is 15.5 Å². The van der Waals surface area contributed by atoms with Gasteiger partial charge in [-0.3, -0.25) is 4.79 Å². The minimum atomic E-state index is -0.610. The monoisotopic (exact) mass is 417 g/mol. The Morgan fingerprint density at radius 2 is 1.67 bits per heavy atom. The van der Waals surface area contributed by atoms with Crippen molar-refractivity contribution in [3.63, 3.8) is 0 Å². The summed E-state index contributed by atoms with van der Waals surface area (Å²) in [6, 6.07) is 10.3. The lowest BCUT2D eigenvalue weighted by molar-refractivity contribution is 0.102. The number of halogens is 4. The van der Waals surface area contributed by atoms with Gasteiger partial charge in [-0.05, 0) is 63.3 Å². The van der Waals surface area contributed by atoms with Crippen LogP contribution in [0.4, 0.5) is 20.2 Å². The normalized spacial score (nSPS) is 14.6. The molecule has 1 fully saturated rings. The molecule has 0 spiro atoms. The SMILES string of the molecule is CN1CCC(Nc2cc(F)cc(NC(=O)c3ccccc3F)c2)CC1.Cl.Cl. The van der Waals surface area contributed by atoms with Crippen molar-refractivity contribution >= 4 is 42.1 Å². The zero-order valence-electron chi connectivity index (χ0n) is 14.9. The number of carbonyl (C=O) groups excluding carboxylic acids is 1. The van der Waals surface area contributed by atoms with Crippen molar-refractivity contribution in [1.82, 2.24) is 4.90 Å². The quantitative estimate of drug-likeness (QED) is 0.765. The van der Waals surface area contributed by atoms with E-state index in [4.69, 9.17) is 0 Å². The molecule has 0 aliphatic carbocycles. The molecule has 148 valence electrons. The van der Waals surface area contributed by atoms with E-state index < -0.39 is 17.5 Å². The van der Waals surface area contributed by atoms with Gasteiger partial charge in [0, 0.05) is 17.4 Å². The molecule has 0 radical (unpaired) electrons. The first-order valence-electron chi connectivity index (χ1n) is 8.33. The van der Waals surface area contributed by atoms with Gasteiger partial charge in [0.05, 0.1) is 5.56 Å². The Morgan fingerprint density at radius 1 is 1.04 bits per heavy atom. The molecular formula is C19H23Cl2F2N3O. The molecule has 0 unspecified atom stereocenters. The van der Waals surface area contributed by atoms with E-state index in [0.29, 0.717) is 11.4 Å². The molecule has 0 atom stereocenters. The highest BCUT2D eigenvalue weighted by atomic mass is 35.5. The van der Waals surface area contributed by atoms with Crippen molar-refractivity contribution in [3.8, 4) is 0 Å². The molecule has 4 nitrogen and oxygen atoms in total. The van der Waals surface area contributed by atoms with E-state index in [0.717, 1.165) is 25.9 Å². The molecule has 1 heterocycles. The average molecular weight is 418 g/mol. The van der Waals surface area contributed by atoms with Crippen LogP contribution in [-0.2, 0) is 0 Å². The molecule has 2 aromatic carbocycles. The second kappa shape index (κ2) is 10.4.